The Hall–Kier alpha value is -2.08. The van der Waals surface area contributed by atoms with Crippen LogP contribution >= 0.6 is 0 Å². The van der Waals surface area contributed by atoms with Crippen molar-refractivity contribution in [2.75, 3.05) is 18.0 Å². The van der Waals surface area contributed by atoms with Crippen molar-refractivity contribution in [2.24, 2.45) is 5.73 Å². The molecule has 23 heavy (non-hydrogen) atoms. The quantitative estimate of drug-likeness (QED) is 0.831. The number of fused-ring (bicyclic) bond motifs is 1. The van der Waals surface area contributed by atoms with E-state index in [-0.39, 0.29) is 37.4 Å². The van der Waals surface area contributed by atoms with Gasteiger partial charge in [0.1, 0.15) is 5.75 Å². The van der Waals surface area contributed by atoms with Crippen LogP contribution in [0.1, 0.15) is 33.1 Å². The molecule has 1 aliphatic rings. The highest BCUT2D eigenvalue weighted by molar-refractivity contribution is 5.97. The highest BCUT2D eigenvalue weighted by Gasteiger charge is 2.33. The highest BCUT2D eigenvalue weighted by atomic mass is 16.5. The van der Waals surface area contributed by atoms with E-state index >= 15 is 0 Å². The molecule has 1 aromatic rings. The molecular weight excluding hydrogens is 294 g/mol. The molecule has 0 bridgehead atoms. The van der Waals surface area contributed by atoms with Crippen LogP contribution in [0.3, 0.4) is 0 Å². The van der Waals surface area contributed by atoms with Gasteiger partial charge in [0.2, 0.25) is 5.91 Å². The van der Waals surface area contributed by atoms with Crippen molar-refractivity contribution in [1.82, 2.24) is 5.32 Å². The first-order valence-electron chi connectivity index (χ1n) is 8.17. The van der Waals surface area contributed by atoms with E-state index in [9.17, 15) is 9.59 Å². The first-order valence-corrected chi connectivity index (χ1v) is 8.17. The Morgan fingerprint density at radius 2 is 2.04 bits per heavy atom. The van der Waals surface area contributed by atoms with Crippen LogP contribution in [0, 0.1) is 0 Å². The zero-order valence-electron chi connectivity index (χ0n) is 13.7. The topological polar surface area (TPSA) is 84.7 Å². The lowest BCUT2D eigenvalue weighted by Gasteiger charge is -2.34. The fourth-order valence-electron chi connectivity index (χ4n) is 2.65. The molecule has 1 unspecified atom stereocenters. The van der Waals surface area contributed by atoms with Gasteiger partial charge in [-0.15, -0.1) is 0 Å². The van der Waals surface area contributed by atoms with E-state index in [4.69, 9.17) is 10.5 Å². The normalized spacial score (nSPS) is 16.7. The van der Waals surface area contributed by atoms with Gasteiger partial charge in [-0.25, -0.2) is 0 Å². The first kappa shape index (κ1) is 17.3. The second-order valence-electron chi connectivity index (χ2n) is 5.64. The van der Waals surface area contributed by atoms with Crippen LogP contribution < -0.4 is 20.7 Å². The fourth-order valence-corrected chi connectivity index (χ4v) is 2.65. The number of nitrogens with two attached hydrogens (primary N) is 1. The molecule has 1 aromatic carbocycles. The third-order valence-electron chi connectivity index (χ3n) is 4.06. The molecule has 2 amide bonds. The van der Waals surface area contributed by atoms with Gasteiger partial charge in [-0.3, -0.25) is 9.59 Å². The Morgan fingerprint density at radius 3 is 2.70 bits per heavy atom. The van der Waals surface area contributed by atoms with Crippen LogP contribution in [0.5, 0.6) is 5.75 Å². The number of anilines is 1. The molecule has 6 heteroatoms. The largest absolute Gasteiger partial charge is 0.477 e. The van der Waals surface area contributed by atoms with Crippen molar-refractivity contribution < 1.29 is 14.3 Å². The van der Waals surface area contributed by atoms with Crippen molar-refractivity contribution in [3.05, 3.63) is 24.3 Å². The van der Waals surface area contributed by atoms with E-state index in [0.717, 1.165) is 12.8 Å². The van der Waals surface area contributed by atoms with Crippen LogP contribution in [0.4, 0.5) is 5.69 Å². The van der Waals surface area contributed by atoms with Gasteiger partial charge in [-0.2, -0.15) is 0 Å². The summed E-state index contributed by atoms with van der Waals surface area (Å²) in [5.41, 5.74) is 6.19. The smallest absolute Gasteiger partial charge is 0.263 e. The molecule has 6 nitrogen and oxygen atoms in total. The SMILES string of the molecule is CCC(CC)NC(=O)C1CN(C(=O)CCN)c2ccccc2O1. The van der Waals surface area contributed by atoms with Crippen LogP contribution in [0.25, 0.3) is 0 Å². The molecule has 0 aromatic heterocycles. The lowest BCUT2D eigenvalue weighted by atomic mass is 10.1. The zero-order valence-corrected chi connectivity index (χ0v) is 13.7. The fraction of sp³-hybridized carbons (Fsp3) is 0.529. The first-order chi connectivity index (χ1) is 11.1. The maximum Gasteiger partial charge on any atom is 0.263 e. The number of hydrogen-bond acceptors (Lipinski definition) is 4. The van der Waals surface area contributed by atoms with Gasteiger partial charge in [0.05, 0.1) is 12.2 Å². The second kappa shape index (κ2) is 7.97. The van der Waals surface area contributed by atoms with Gasteiger partial charge in [-0.05, 0) is 25.0 Å². The van der Waals surface area contributed by atoms with Gasteiger partial charge < -0.3 is 20.7 Å². The van der Waals surface area contributed by atoms with Crippen molar-refractivity contribution in [3.8, 4) is 5.75 Å². The number of hydrogen-bond donors (Lipinski definition) is 2. The van der Waals surface area contributed by atoms with Gasteiger partial charge in [0.25, 0.3) is 5.91 Å². The highest BCUT2D eigenvalue weighted by Crippen LogP contribution is 2.33. The molecular formula is C17H25N3O3. The van der Waals surface area contributed by atoms with Gasteiger partial charge >= 0.3 is 0 Å². The number of carbonyl (C=O) groups is 2. The van der Waals surface area contributed by atoms with E-state index in [0.29, 0.717) is 11.4 Å². The summed E-state index contributed by atoms with van der Waals surface area (Å²) >= 11 is 0. The van der Waals surface area contributed by atoms with Crippen molar-refractivity contribution in [3.63, 3.8) is 0 Å². The third-order valence-corrected chi connectivity index (χ3v) is 4.06. The molecule has 0 aliphatic carbocycles. The number of nitrogens with zero attached hydrogens (tertiary/aromatic N) is 1. The van der Waals surface area contributed by atoms with Gasteiger partial charge in [0, 0.05) is 19.0 Å². The minimum Gasteiger partial charge on any atom is -0.477 e. The Bertz CT molecular complexity index is 558. The van der Waals surface area contributed by atoms with E-state index in [1.807, 2.05) is 32.0 Å². The summed E-state index contributed by atoms with van der Waals surface area (Å²) in [5, 5.41) is 2.98. The van der Waals surface area contributed by atoms with E-state index in [2.05, 4.69) is 5.32 Å². The van der Waals surface area contributed by atoms with E-state index < -0.39 is 6.10 Å². The van der Waals surface area contributed by atoms with Gasteiger partial charge in [-0.1, -0.05) is 26.0 Å². The van der Waals surface area contributed by atoms with Crippen molar-refractivity contribution in [1.29, 1.82) is 0 Å². The minimum absolute atomic E-state index is 0.0939. The minimum atomic E-state index is -0.702. The third kappa shape index (κ3) is 4.01. The van der Waals surface area contributed by atoms with Crippen molar-refractivity contribution in [2.45, 2.75) is 45.3 Å². The average Bonchev–Trinajstić information content (AvgIpc) is 2.58. The van der Waals surface area contributed by atoms with Crippen LogP contribution in [0.15, 0.2) is 24.3 Å². The Labute approximate surface area is 137 Å². The summed E-state index contributed by atoms with van der Waals surface area (Å²) < 4.78 is 5.80. The average molecular weight is 319 g/mol. The molecule has 0 fully saturated rings. The number of nitrogens with one attached hydrogen (secondary N) is 1. The Kier molecular flexibility index (Phi) is 5.98. The maximum absolute atomic E-state index is 12.5. The standard InChI is InChI=1S/C17H25N3O3/c1-3-12(4-2)19-17(22)15-11-20(16(21)9-10-18)13-7-5-6-8-14(13)23-15/h5-8,12,15H,3-4,9-11,18H2,1-2H3,(H,19,22). The summed E-state index contributed by atoms with van der Waals surface area (Å²) in [5.74, 6) is 0.274. The summed E-state index contributed by atoms with van der Waals surface area (Å²) in [6.07, 6.45) is 1.27. The lowest BCUT2D eigenvalue weighted by molar-refractivity contribution is -0.129. The molecule has 2 rings (SSSR count). The molecule has 0 saturated carbocycles. The van der Waals surface area contributed by atoms with E-state index in [1.54, 1.807) is 11.0 Å². The van der Waals surface area contributed by atoms with Crippen LogP contribution in [0.2, 0.25) is 0 Å². The predicted octanol–water partition coefficient (Wildman–Crippen LogP) is 1.43. The summed E-state index contributed by atoms with van der Waals surface area (Å²) in [6, 6.07) is 7.38. The number of para-hydroxylation sites is 2. The molecule has 1 atom stereocenters. The summed E-state index contributed by atoms with van der Waals surface area (Å²) in [4.78, 5) is 26.4. The zero-order chi connectivity index (χ0) is 16.8. The molecule has 0 saturated heterocycles. The molecule has 3 N–H and O–H groups in total. The lowest BCUT2D eigenvalue weighted by Crippen LogP contribution is -2.52. The predicted molar refractivity (Wildman–Crippen MR) is 89.4 cm³/mol. The molecule has 0 spiro atoms. The molecule has 1 aliphatic heterocycles. The molecule has 126 valence electrons. The number of rotatable bonds is 6. The number of benzene rings is 1. The van der Waals surface area contributed by atoms with Gasteiger partial charge in [0.15, 0.2) is 6.10 Å². The second-order valence-corrected chi connectivity index (χ2v) is 5.64. The van der Waals surface area contributed by atoms with Crippen LogP contribution in [-0.4, -0.2) is 37.0 Å². The molecule has 1 heterocycles. The monoisotopic (exact) mass is 319 g/mol. The Morgan fingerprint density at radius 1 is 1.35 bits per heavy atom. The number of ether oxygens (including phenoxy) is 1. The summed E-state index contributed by atoms with van der Waals surface area (Å²) in [6.45, 7) is 4.55. The molecule has 0 radical (unpaired) electrons. The summed E-state index contributed by atoms with van der Waals surface area (Å²) in [7, 11) is 0. The van der Waals surface area contributed by atoms with Crippen molar-refractivity contribution >= 4 is 17.5 Å². The number of amides is 2. The van der Waals surface area contributed by atoms with Crippen LogP contribution in [-0.2, 0) is 9.59 Å². The number of carbonyl (C=O) groups excluding carboxylic acids is 2. The Balaban J connectivity index is 2.19. The maximum atomic E-state index is 12.5. The van der Waals surface area contributed by atoms with E-state index in [1.165, 1.54) is 0 Å².